The summed E-state index contributed by atoms with van der Waals surface area (Å²) in [6.45, 7) is 6.53. The van der Waals surface area contributed by atoms with Crippen LogP contribution < -0.4 is 0 Å². The summed E-state index contributed by atoms with van der Waals surface area (Å²) in [5.74, 6) is -0.978. The second-order valence-corrected chi connectivity index (χ2v) is 1.98. The van der Waals surface area contributed by atoms with E-state index in [9.17, 15) is 14.5 Å². The summed E-state index contributed by atoms with van der Waals surface area (Å²) < 4.78 is 12.7. The number of hydrogen-bond acceptors (Lipinski definition) is 2. The largest absolute Gasteiger partial charge is 0.314 e. The Labute approximate surface area is 67.2 Å². The normalized spacial score (nSPS) is 9.00. The number of para-hydroxylation sites is 1. The fraction of sp³-hybridized carbons (Fsp3) is 0. The van der Waals surface area contributed by atoms with Crippen molar-refractivity contribution in [1.82, 2.24) is 0 Å². The van der Waals surface area contributed by atoms with Gasteiger partial charge in [0, 0.05) is 0 Å². The van der Waals surface area contributed by atoms with Crippen molar-refractivity contribution in [1.29, 1.82) is 0 Å². The lowest BCUT2D eigenvalue weighted by atomic mass is 10.2. The van der Waals surface area contributed by atoms with Crippen LogP contribution in [0.4, 0.5) is 15.8 Å². The Morgan fingerprint density at radius 3 is 2.67 bits per heavy atom. The summed E-state index contributed by atoms with van der Waals surface area (Å²) in [5, 5.41) is 10.2. The van der Waals surface area contributed by atoms with E-state index in [0.29, 0.717) is 0 Å². The topological polar surface area (TPSA) is 47.5 Å². The summed E-state index contributed by atoms with van der Waals surface area (Å²) >= 11 is 0. The molecule has 0 spiro atoms. The van der Waals surface area contributed by atoms with Crippen molar-refractivity contribution in [2.24, 2.45) is 0 Å². The molecule has 0 bridgehead atoms. The number of nitrogens with zero attached hydrogens (tertiary/aromatic N) is 2. The Balaban J connectivity index is 3.42. The average Bonchev–Trinajstić information content (AvgIpc) is 2.03. The van der Waals surface area contributed by atoms with E-state index in [0.717, 1.165) is 6.07 Å². The van der Waals surface area contributed by atoms with Gasteiger partial charge in [-0.05, 0) is 12.1 Å². The fourth-order valence-electron chi connectivity index (χ4n) is 0.775. The van der Waals surface area contributed by atoms with Crippen molar-refractivity contribution in [2.45, 2.75) is 0 Å². The third-order valence-electron chi connectivity index (χ3n) is 1.27. The summed E-state index contributed by atoms with van der Waals surface area (Å²) in [6.07, 6.45) is 0. The molecule has 0 aliphatic heterocycles. The van der Waals surface area contributed by atoms with Gasteiger partial charge in [0.25, 0.3) is 5.69 Å². The van der Waals surface area contributed by atoms with Gasteiger partial charge in [0.2, 0.25) is 0 Å². The Kier molecular flexibility index (Phi) is 2.01. The van der Waals surface area contributed by atoms with E-state index >= 15 is 0 Å². The van der Waals surface area contributed by atoms with Crippen molar-refractivity contribution in [3.8, 4) is 0 Å². The third kappa shape index (κ3) is 1.22. The van der Waals surface area contributed by atoms with Crippen molar-refractivity contribution < 1.29 is 9.31 Å². The van der Waals surface area contributed by atoms with Crippen molar-refractivity contribution in [3.05, 3.63) is 45.5 Å². The average molecular weight is 166 g/mol. The van der Waals surface area contributed by atoms with Gasteiger partial charge in [-0.25, -0.2) is 9.24 Å². The van der Waals surface area contributed by atoms with Crippen LogP contribution in [0.25, 0.3) is 4.85 Å². The van der Waals surface area contributed by atoms with E-state index in [4.69, 9.17) is 6.57 Å². The van der Waals surface area contributed by atoms with Gasteiger partial charge in [0.05, 0.1) is 11.5 Å². The number of benzene rings is 1. The van der Waals surface area contributed by atoms with E-state index in [1.165, 1.54) is 12.1 Å². The molecule has 0 unspecified atom stereocenters. The number of hydrogen-bond donors (Lipinski definition) is 0. The molecule has 0 N–H and O–H groups in total. The first kappa shape index (κ1) is 8.14. The van der Waals surface area contributed by atoms with Crippen LogP contribution in [0, 0.1) is 22.5 Å². The van der Waals surface area contributed by atoms with Gasteiger partial charge in [0.1, 0.15) is 0 Å². The molecule has 0 saturated heterocycles. The Hall–Kier alpha value is -1.96. The SMILES string of the molecule is [C-]#[N+]c1cccc(F)c1[N+](=O)[O-]. The van der Waals surface area contributed by atoms with Gasteiger partial charge in [-0.2, -0.15) is 0 Å². The highest BCUT2D eigenvalue weighted by Crippen LogP contribution is 2.29. The van der Waals surface area contributed by atoms with E-state index in [1.54, 1.807) is 0 Å². The molecule has 0 amide bonds. The summed E-state index contributed by atoms with van der Waals surface area (Å²) in [5.41, 5.74) is -1.03. The number of nitro benzene ring substituents is 1. The zero-order valence-electron chi connectivity index (χ0n) is 5.82. The molecule has 0 heterocycles. The molecular formula is C7H3FN2O2. The minimum atomic E-state index is -0.978. The predicted octanol–water partition coefficient (Wildman–Crippen LogP) is 2.28. The molecule has 0 aliphatic rings. The van der Waals surface area contributed by atoms with E-state index < -0.39 is 16.4 Å². The first-order valence-electron chi connectivity index (χ1n) is 2.97. The van der Waals surface area contributed by atoms with Crippen molar-refractivity contribution in [2.75, 3.05) is 0 Å². The van der Waals surface area contributed by atoms with Gasteiger partial charge in [0.15, 0.2) is 5.82 Å². The molecule has 1 aromatic rings. The minimum Gasteiger partial charge on any atom is -0.259 e. The van der Waals surface area contributed by atoms with E-state index in [-0.39, 0.29) is 5.69 Å². The number of halogens is 1. The Morgan fingerprint density at radius 1 is 1.58 bits per heavy atom. The number of rotatable bonds is 1. The van der Waals surface area contributed by atoms with Crippen LogP contribution in [0.15, 0.2) is 18.2 Å². The van der Waals surface area contributed by atoms with Gasteiger partial charge in [-0.1, -0.05) is 6.07 Å². The Morgan fingerprint density at radius 2 is 2.25 bits per heavy atom. The van der Waals surface area contributed by atoms with Crippen LogP contribution in [-0.2, 0) is 0 Å². The van der Waals surface area contributed by atoms with Crippen LogP contribution in [0.1, 0.15) is 0 Å². The molecule has 12 heavy (non-hydrogen) atoms. The van der Waals surface area contributed by atoms with E-state index in [1.807, 2.05) is 0 Å². The lowest BCUT2D eigenvalue weighted by Crippen LogP contribution is -1.91. The van der Waals surface area contributed by atoms with Crippen molar-refractivity contribution in [3.63, 3.8) is 0 Å². The standard InChI is InChI=1S/C7H3FN2O2/c1-9-6-4-2-3-5(8)7(6)10(11)12/h2-4H. The quantitative estimate of drug-likeness (QED) is 0.365. The zero-order chi connectivity index (χ0) is 9.14. The second kappa shape index (κ2) is 2.96. The molecule has 4 nitrogen and oxygen atoms in total. The fourth-order valence-corrected chi connectivity index (χ4v) is 0.775. The summed E-state index contributed by atoms with van der Waals surface area (Å²) in [4.78, 5) is 12.1. The van der Waals surface area contributed by atoms with Crippen LogP contribution in [0.3, 0.4) is 0 Å². The van der Waals surface area contributed by atoms with Crippen molar-refractivity contribution >= 4 is 11.4 Å². The van der Waals surface area contributed by atoms with Crippen LogP contribution in [-0.4, -0.2) is 4.92 Å². The molecule has 0 atom stereocenters. The highest BCUT2D eigenvalue weighted by atomic mass is 19.1. The van der Waals surface area contributed by atoms with Gasteiger partial charge in [-0.15, -0.1) is 0 Å². The summed E-state index contributed by atoms with van der Waals surface area (Å²) in [6, 6.07) is 3.41. The smallest absolute Gasteiger partial charge is 0.259 e. The zero-order valence-corrected chi connectivity index (χ0v) is 5.82. The monoisotopic (exact) mass is 166 g/mol. The van der Waals surface area contributed by atoms with Crippen LogP contribution >= 0.6 is 0 Å². The maximum absolute atomic E-state index is 12.7. The van der Waals surface area contributed by atoms with Crippen LogP contribution in [0.5, 0.6) is 0 Å². The maximum atomic E-state index is 12.7. The first-order chi connectivity index (χ1) is 5.66. The lowest BCUT2D eigenvalue weighted by Gasteiger charge is -1.94. The number of nitro groups is 1. The maximum Gasteiger partial charge on any atom is 0.314 e. The predicted molar refractivity (Wildman–Crippen MR) is 39.3 cm³/mol. The molecule has 0 aliphatic carbocycles. The molecule has 0 radical (unpaired) electrons. The molecule has 1 rings (SSSR count). The first-order valence-corrected chi connectivity index (χ1v) is 2.97. The third-order valence-corrected chi connectivity index (χ3v) is 1.27. The molecule has 1 aromatic carbocycles. The molecule has 5 heteroatoms. The lowest BCUT2D eigenvalue weighted by molar-refractivity contribution is -0.386. The highest BCUT2D eigenvalue weighted by Gasteiger charge is 2.19. The molecular weight excluding hydrogens is 163 g/mol. The molecule has 0 saturated carbocycles. The molecule has 60 valence electrons. The van der Waals surface area contributed by atoms with Gasteiger partial charge in [-0.3, -0.25) is 10.1 Å². The summed E-state index contributed by atoms with van der Waals surface area (Å²) in [7, 11) is 0. The molecule has 0 aromatic heterocycles. The highest BCUT2D eigenvalue weighted by molar-refractivity contribution is 5.62. The van der Waals surface area contributed by atoms with Crippen LogP contribution in [0.2, 0.25) is 0 Å². The Bertz CT molecular complexity index is 370. The minimum absolute atomic E-state index is 0.278. The second-order valence-electron chi connectivity index (χ2n) is 1.98. The van der Waals surface area contributed by atoms with E-state index in [2.05, 4.69) is 4.85 Å². The molecule has 0 fully saturated rings. The van der Waals surface area contributed by atoms with Gasteiger partial charge < -0.3 is 0 Å². The van der Waals surface area contributed by atoms with Gasteiger partial charge >= 0.3 is 5.69 Å².